The highest BCUT2D eigenvalue weighted by atomic mass is 16.6. The first-order valence-electron chi connectivity index (χ1n) is 10.4. The van der Waals surface area contributed by atoms with E-state index in [1.165, 1.54) is 0 Å². The minimum Gasteiger partial charge on any atom is -0.394 e. The molecule has 0 aromatic rings. The zero-order chi connectivity index (χ0) is 23.3. The predicted molar refractivity (Wildman–Crippen MR) is 109 cm³/mol. The molecule has 0 aliphatic rings. The Morgan fingerprint density at radius 3 is 1.58 bits per heavy atom. The fraction of sp³-hybridized carbons (Fsp3) is 0.947. The van der Waals surface area contributed by atoms with Crippen molar-refractivity contribution in [3.8, 4) is 0 Å². The Hall–Kier alpha value is -0.930. The Morgan fingerprint density at radius 2 is 1.13 bits per heavy atom. The monoisotopic (exact) mass is 457 g/mol. The van der Waals surface area contributed by atoms with Gasteiger partial charge >= 0.3 is 0 Å². The Balaban J connectivity index is 3.46. The maximum atomic E-state index is 11.7. The minimum atomic E-state index is -1.73. The molecule has 186 valence electrons. The molecule has 0 aliphatic carbocycles. The van der Waals surface area contributed by atoms with Gasteiger partial charge in [0.05, 0.1) is 72.2 Å². The number of aliphatic hydroxyl groups excluding tert-OH is 5. The van der Waals surface area contributed by atoms with E-state index in [0.29, 0.717) is 59.5 Å². The molecule has 0 aromatic heterocycles. The first kappa shape index (κ1) is 30.1. The molecule has 1 amide bonds. The number of hydrogen-bond donors (Lipinski definition) is 6. The van der Waals surface area contributed by atoms with Crippen LogP contribution in [0.2, 0.25) is 0 Å². The summed E-state index contributed by atoms with van der Waals surface area (Å²) in [5, 5.41) is 49.1. The van der Waals surface area contributed by atoms with Gasteiger partial charge in [-0.2, -0.15) is 0 Å². The third kappa shape index (κ3) is 17.3. The molecule has 6 N–H and O–H groups in total. The van der Waals surface area contributed by atoms with E-state index in [4.69, 9.17) is 28.8 Å². The second kappa shape index (κ2) is 20.9. The number of nitrogens with one attached hydrogen (secondary N) is 1. The fourth-order valence-electron chi connectivity index (χ4n) is 2.18. The van der Waals surface area contributed by atoms with E-state index in [0.717, 1.165) is 0 Å². The predicted octanol–water partition coefficient (Wildman–Crippen LogP) is -2.97. The summed E-state index contributed by atoms with van der Waals surface area (Å²) >= 11 is 0. The van der Waals surface area contributed by atoms with Gasteiger partial charge in [-0.3, -0.25) is 4.79 Å². The molecule has 31 heavy (non-hydrogen) atoms. The van der Waals surface area contributed by atoms with E-state index in [1.54, 1.807) is 0 Å². The summed E-state index contributed by atoms with van der Waals surface area (Å²) in [6.07, 6.45) is -6.50. The summed E-state index contributed by atoms with van der Waals surface area (Å²) in [6, 6.07) is 0. The minimum absolute atomic E-state index is 0.0387. The number of ether oxygens (including phenoxy) is 5. The smallest absolute Gasteiger partial charge is 0.222 e. The van der Waals surface area contributed by atoms with E-state index < -0.39 is 36.9 Å². The van der Waals surface area contributed by atoms with E-state index >= 15 is 0 Å². The number of hydrogen-bond acceptors (Lipinski definition) is 11. The maximum absolute atomic E-state index is 11.7. The number of carbonyl (C=O) groups is 1. The molecule has 0 aliphatic heterocycles. The van der Waals surface area contributed by atoms with Crippen molar-refractivity contribution in [1.29, 1.82) is 0 Å². The highest BCUT2D eigenvalue weighted by molar-refractivity contribution is 5.75. The topological polar surface area (TPSA) is 176 Å². The van der Waals surface area contributed by atoms with Gasteiger partial charge in [0.15, 0.2) is 0 Å². The van der Waals surface area contributed by atoms with Gasteiger partial charge < -0.3 is 54.5 Å². The van der Waals surface area contributed by atoms with Crippen molar-refractivity contribution in [2.75, 3.05) is 79.2 Å². The summed E-state index contributed by atoms with van der Waals surface area (Å²) in [7, 11) is 0. The molecule has 0 radical (unpaired) electrons. The quantitative estimate of drug-likeness (QED) is 0.0915. The van der Waals surface area contributed by atoms with Crippen molar-refractivity contribution in [2.24, 2.45) is 0 Å². The molecule has 0 rings (SSSR count). The van der Waals surface area contributed by atoms with Crippen LogP contribution in [0.15, 0.2) is 0 Å². The molecule has 0 fully saturated rings. The highest BCUT2D eigenvalue weighted by Crippen LogP contribution is 2.04. The SMILES string of the molecule is CCOCCOCCOCCOCCOCCC(=O)NC[C@H](O)[C@@H](O)[C@H](O)[C@H](O)CO. The van der Waals surface area contributed by atoms with Gasteiger partial charge in [0.2, 0.25) is 5.91 Å². The zero-order valence-corrected chi connectivity index (χ0v) is 18.2. The van der Waals surface area contributed by atoms with E-state index in [1.807, 2.05) is 6.92 Å². The van der Waals surface area contributed by atoms with Crippen LogP contribution in [0.1, 0.15) is 13.3 Å². The Labute approximate surface area is 183 Å². The highest BCUT2D eigenvalue weighted by Gasteiger charge is 2.30. The van der Waals surface area contributed by atoms with Crippen LogP contribution in [0.5, 0.6) is 0 Å². The summed E-state index contributed by atoms with van der Waals surface area (Å²) in [5.74, 6) is -0.416. The van der Waals surface area contributed by atoms with Gasteiger partial charge in [0.25, 0.3) is 0 Å². The summed E-state index contributed by atoms with van der Waals surface area (Å²) in [6.45, 7) is 5.27. The van der Waals surface area contributed by atoms with Crippen molar-refractivity contribution in [3.63, 3.8) is 0 Å². The molecule has 0 saturated carbocycles. The standard InChI is InChI=1S/C19H39NO11/c1-2-27-5-6-29-9-10-31-12-11-30-8-7-28-4-3-17(24)20-13-15(22)18(25)19(26)16(23)14-21/h15-16,18-19,21-23,25-26H,2-14H2,1H3,(H,20,24)/t15-,16+,18+,19+/m0/s1. The first-order chi connectivity index (χ1) is 14.9. The lowest BCUT2D eigenvalue weighted by molar-refractivity contribution is -0.127. The molecule has 0 unspecified atom stereocenters. The zero-order valence-electron chi connectivity index (χ0n) is 18.2. The molecule has 12 nitrogen and oxygen atoms in total. The normalized spacial score (nSPS) is 15.4. The molecule has 0 bridgehead atoms. The van der Waals surface area contributed by atoms with Crippen LogP contribution >= 0.6 is 0 Å². The molecule has 0 saturated heterocycles. The Kier molecular flexibility index (Phi) is 20.3. The van der Waals surface area contributed by atoms with Crippen molar-refractivity contribution in [2.45, 2.75) is 37.8 Å². The second-order valence-corrected chi connectivity index (χ2v) is 6.50. The Morgan fingerprint density at radius 1 is 0.710 bits per heavy atom. The van der Waals surface area contributed by atoms with Gasteiger partial charge in [-0.05, 0) is 6.92 Å². The molecule has 0 spiro atoms. The molecular formula is C19H39NO11. The van der Waals surface area contributed by atoms with Crippen molar-refractivity contribution < 1.29 is 54.0 Å². The van der Waals surface area contributed by atoms with E-state index in [-0.39, 0.29) is 19.6 Å². The van der Waals surface area contributed by atoms with Crippen LogP contribution in [0.25, 0.3) is 0 Å². The lowest BCUT2D eigenvalue weighted by atomic mass is 10.0. The molecular weight excluding hydrogens is 418 g/mol. The molecule has 0 heterocycles. The lowest BCUT2D eigenvalue weighted by Crippen LogP contribution is -2.49. The number of aliphatic hydroxyl groups is 5. The number of carbonyl (C=O) groups excluding carboxylic acids is 1. The second-order valence-electron chi connectivity index (χ2n) is 6.50. The fourth-order valence-corrected chi connectivity index (χ4v) is 2.18. The third-order valence-corrected chi connectivity index (χ3v) is 4.00. The van der Waals surface area contributed by atoms with Crippen molar-refractivity contribution in [3.05, 3.63) is 0 Å². The lowest BCUT2D eigenvalue weighted by Gasteiger charge is -2.25. The maximum Gasteiger partial charge on any atom is 0.222 e. The Bertz CT molecular complexity index is 416. The largest absolute Gasteiger partial charge is 0.394 e. The van der Waals surface area contributed by atoms with E-state index in [2.05, 4.69) is 5.32 Å². The van der Waals surface area contributed by atoms with Crippen LogP contribution in [-0.2, 0) is 28.5 Å². The van der Waals surface area contributed by atoms with Crippen LogP contribution in [0.4, 0.5) is 0 Å². The van der Waals surface area contributed by atoms with Gasteiger partial charge in [-0.15, -0.1) is 0 Å². The van der Waals surface area contributed by atoms with E-state index in [9.17, 15) is 25.2 Å². The number of amides is 1. The van der Waals surface area contributed by atoms with Crippen LogP contribution in [0.3, 0.4) is 0 Å². The third-order valence-electron chi connectivity index (χ3n) is 4.00. The molecule has 12 heteroatoms. The van der Waals surface area contributed by atoms with Crippen molar-refractivity contribution >= 4 is 5.91 Å². The first-order valence-corrected chi connectivity index (χ1v) is 10.4. The van der Waals surface area contributed by atoms with Crippen molar-refractivity contribution in [1.82, 2.24) is 5.32 Å². The summed E-state index contributed by atoms with van der Waals surface area (Å²) in [5.41, 5.74) is 0. The van der Waals surface area contributed by atoms with Gasteiger partial charge in [-0.1, -0.05) is 0 Å². The summed E-state index contributed by atoms with van der Waals surface area (Å²) < 4.78 is 26.3. The van der Waals surface area contributed by atoms with Crippen LogP contribution < -0.4 is 5.32 Å². The number of rotatable bonds is 22. The molecule has 4 atom stereocenters. The van der Waals surface area contributed by atoms with Gasteiger partial charge in [-0.25, -0.2) is 0 Å². The average molecular weight is 458 g/mol. The summed E-state index contributed by atoms with van der Waals surface area (Å²) in [4.78, 5) is 11.7. The van der Waals surface area contributed by atoms with Gasteiger partial charge in [0.1, 0.15) is 18.3 Å². The van der Waals surface area contributed by atoms with Gasteiger partial charge in [0, 0.05) is 19.6 Å². The molecule has 0 aromatic carbocycles. The average Bonchev–Trinajstić information content (AvgIpc) is 2.78. The van der Waals surface area contributed by atoms with Crippen LogP contribution in [-0.4, -0.2) is 135 Å². The van der Waals surface area contributed by atoms with Crippen LogP contribution in [0, 0.1) is 0 Å².